The number of hydrogen-bond acceptors (Lipinski definition) is 3. The van der Waals surface area contributed by atoms with E-state index in [4.69, 9.17) is 4.74 Å². The lowest BCUT2D eigenvalue weighted by Gasteiger charge is -2.38. The van der Waals surface area contributed by atoms with Gasteiger partial charge in [-0.25, -0.2) is 0 Å². The zero-order valence-corrected chi connectivity index (χ0v) is 11.4. The molecule has 104 valence electrons. The van der Waals surface area contributed by atoms with Crippen LogP contribution in [0.2, 0.25) is 0 Å². The molecule has 2 N–H and O–H groups in total. The van der Waals surface area contributed by atoms with Crippen LogP contribution in [0.3, 0.4) is 0 Å². The third-order valence-electron chi connectivity index (χ3n) is 3.92. The number of carboxylic acids is 1. The number of carbonyl (C=O) groups is 2. The minimum atomic E-state index is -0.929. The maximum absolute atomic E-state index is 11.9. The van der Waals surface area contributed by atoms with Crippen molar-refractivity contribution in [3.63, 3.8) is 0 Å². The topological polar surface area (TPSA) is 75.6 Å². The fourth-order valence-corrected chi connectivity index (χ4v) is 2.11. The van der Waals surface area contributed by atoms with Gasteiger partial charge in [0, 0.05) is 18.4 Å². The highest BCUT2D eigenvalue weighted by molar-refractivity contribution is 5.84. The number of aliphatic carboxylic acids is 1. The van der Waals surface area contributed by atoms with Gasteiger partial charge < -0.3 is 15.2 Å². The fourth-order valence-electron chi connectivity index (χ4n) is 2.11. The van der Waals surface area contributed by atoms with Gasteiger partial charge in [-0.15, -0.1) is 0 Å². The molecule has 1 amide bonds. The van der Waals surface area contributed by atoms with Crippen molar-refractivity contribution in [2.75, 3.05) is 19.8 Å². The number of hydrogen-bond donors (Lipinski definition) is 2. The van der Waals surface area contributed by atoms with Gasteiger partial charge in [-0.2, -0.15) is 0 Å². The Labute approximate surface area is 108 Å². The highest BCUT2D eigenvalue weighted by atomic mass is 16.5. The molecule has 0 aromatic carbocycles. The van der Waals surface area contributed by atoms with E-state index in [9.17, 15) is 14.7 Å². The van der Waals surface area contributed by atoms with Crippen molar-refractivity contribution in [1.82, 2.24) is 5.32 Å². The van der Waals surface area contributed by atoms with Gasteiger partial charge in [0.15, 0.2) is 0 Å². The summed E-state index contributed by atoms with van der Waals surface area (Å²) in [5.41, 5.74) is -0.916. The fraction of sp³-hybridized carbons (Fsp3) is 0.846. The van der Waals surface area contributed by atoms with E-state index in [2.05, 4.69) is 5.32 Å². The molecule has 0 spiro atoms. The first-order chi connectivity index (χ1) is 8.37. The Balaban J connectivity index is 2.49. The van der Waals surface area contributed by atoms with Gasteiger partial charge in [0.2, 0.25) is 5.91 Å². The van der Waals surface area contributed by atoms with Gasteiger partial charge in [-0.3, -0.25) is 9.59 Å². The lowest BCUT2D eigenvalue weighted by Crippen LogP contribution is -2.49. The first-order valence-electron chi connectivity index (χ1n) is 6.45. The number of nitrogens with one attached hydrogen (secondary N) is 1. The molecule has 1 aliphatic rings. The summed E-state index contributed by atoms with van der Waals surface area (Å²) in [5, 5.41) is 12.1. The molecule has 18 heavy (non-hydrogen) atoms. The van der Waals surface area contributed by atoms with E-state index in [0.29, 0.717) is 32.6 Å². The zero-order valence-electron chi connectivity index (χ0n) is 11.4. The SMILES string of the molecule is CCC(CC)(CC(=O)NCC1(C)COC1)C(=O)O. The van der Waals surface area contributed by atoms with Crippen LogP contribution in [0, 0.1) is 10.8 Å². The summed E-state index contributed by atoms with van der Waals surface area (Å²) < 4.78 is 5.11. The van der Waals surface area contributed by atoms with Gasteiger partial charge in [0.05, 0.1) is 18.6 Å². The number of carbonyl (C=O) groups excluding carboxylic acids is 1. The summed E-state index contributed by atoms with van der Waals surface area (Å²) in [7, 11) is 0. The summed E-state index contributed by atoms with van der Waals surface area (Å²) in [4.78, 5) is 23.1. The Morgan fingerprint density at radius 3 is 2.22 bits per heavy atom. The van der Waals surface area contributed by atoms with Crippen molar-refractivity contribution < 1.29 is 19.4 Å². The largest absolute Gasteiger partial charge is 0.481 e. The van der Waals surface area contributed by atoms with Crippen molar-refractivity contribution >= 4 is 11.9 Å². The van der Waals surface area contributed by atoms with Gasteiger partial charge in [0.1, 0.15) is 0 Å². The molecular weight excluding hydrogens is 234 g/mol. The van der Waals surface area contributed by atoms with Crippen LogP contribution in [0.1, 0.15) is 40.0 Å². The first-order valence-corrected chi connectivity index (χ1v) is 6.45. The van der Waals surface area contributed by atoms with E-state index < -0.39 is 11.4 Å². The Kier molecular flexibility index (Phi) is 4.73. The Morgan fingerprint density at radius 2 is 1.89 bits per heavy atom. The average molecular weight is 257 g/mol. The van der Waals surface area contributed by atoms with Crippen molar-refractivity contribution in [2.45, 2.75) is 40.0 Å². The molecule has 1 fully saturated rings. The van der Waals surface area contributed by atoms with Crippen LogP contribution in [0.4, 0.5) is 0 Å². The second-order valence-electron chi connectivity index (χ2n) is 5.55. The zero-order chi connectivity index (χ0) is 13.8. The predicted molar refractivity (Wildman–Crippen MR) is 67.2 cm³/mol. The Bertz CT molecular complexity index is 319. The molecule has 0 aromatic heterocycles. The van der Waals surface area contributed by atoms with Gasteiger partial charge in [-0.1, -0.05) is 20.8 Å². The van der Waals surface area contributed by atoms with Crippen molar-refractivity contribution in [3.05, 3.63) is 0 Å². The Hall–Kier alpha value is -1.10. The van der Waals surface area contributed by atoms with Crippen LogP contribution < -0.4 is 5.32 Å². The molecule has 0 aromatic rings. The predicted octanol–water partition coefficient (Wildman–Crippen LogP) is 1.42. The highest BCUT2D eigenvalue weighted by Crippen LogP contribution is 2.31. The summed E-state index contributed by atoms with van der Waals surface area (Å²) in [5.74, 6) is -1.07. The van der Waals surface area contributed by atoms with E-state index in [1.165, 1.54) is 0 Å². The van der Waals surface area contributed by atoms with Crippen LogP contribution in [0.25, 0.3) is 0 Å². The van der Waals surface area contributed by atoms with E-state index >= 15 is 0 Å². The average Bonchev–Trinajstić information content (AvgIpc) is 2.30. The summed E-state index contributed by atoms with van der Waals surface area (Å²) >= 11 is 0. The van der Waals surface area contributed by atoms with Crippen molar-refractivity contribution in [3.8, 4) is 0 Å². The van der Waals surface area contributed by atoms with Gasteiger partial charge in [0.25, 0.3) is 0 Å². The molecule has 1 rings (SSSR count). The van der Waals surface area contributed by atoms with Crippen LogP contribution in [0.5, 0.6) is 0 Å². The van der Waals surface area contributed by atoms with Crippen LogP contribution in [-0.2, 0) is 14.3 Å². The molecule has 0 radical (unpaired) electrons. The van der Waals surface area contributed by atoms with Crippen LogP contribution >= 0.6 is 0 Å². The first kappa shape index (κ1) is 15.0. The highest BCUT2D eigenvalue weighted by Gasteiger charge is 2.38. The molecule has 0 saturated carbocycles. The maximum atomic E-state index is 11.9. The monoisotopic (exact) mass is 257 g/mol. The van der Waals surface area contributed by atoms with E-state index in [1.807, 2.05) is 20.8 Å². The molecule has 1 heterocycles. The standard InChI is InChI=1S/C13H23NO4/c1-4-13(5-2,11(16)17)6-10(15)14-7-12(3)8-18-9-12/h4-9H2,1-3H3,(H,14,15)(H,16,17). The summed E-state index contributed by atoms with van der Waals surface area (Å²) in [6.07, 6.45) is 0.978. The lowest BCUT2D eigenvalue weighted by molar-refractivity contribution is -0.152. The van der Waals surface area contributed by atoms with E-state index in [-0.39, 0.29) is 17.7 Å². The Morgan fingerprint density at radius 1 is 1.33 bits per heavy atom. The third-order valence-corrected chi connectivity index (χ3v) is 3.92. The number of ether oxygens (including phenoxy) is 1. The van der Waals surface area contributed by atoms with E-state index in [0.717, 1.165) is 0 Å². The molecule has 5 heteroatoms. The molecule has 5 nitrogen and oxygen atoms in total. The maximum Gasteiger partial charge on any atom is 0.310 e. The molecule has 0 atom stereocenters. The van der Waals surface area contributed by atoms with Crippen molar-refractivity contribution in [2.24, 2.45) is 10.8 Å². The molecular formula is C13H23NO4. The van der Waals surface area contributed by atoms with Gasteiger partial charge >= 0.3 is 5.97 Å². The lowest BCUT2D eigenvalue weighted by atomic mass is 9.79. The molecule has 1 saturated heterocycles. The minimum Gasteiger partial charge on any atom is -0.481 e. The van der Waals surface area contributed by atoms with Gasteiger partial charge in [-0.05, 0) is 12.8 Å². The second kappa shape index (κ2) is 5.69. The van der Waals surface area contributed by atoms with E-state index in [1.54, 1.807) is 0 Å². The summed E-state index contributed by atoms with van der Waals surface area (Å²) in [6, 6.07) is 0. The molecule has 0 aliphatic carbocycles. The third kappa shape index (κ3) is 3.22. The normalized spacial score (nSPS) is 17.9. The number of rotatable bonds is 7. The molecule has 0 unspecified atom stereocenters. The minimum absolute atomic E-state index is 0.0139. The smallest absolute Gasteiger partial charge is 0.310 e. The summed E-state index contributed by atoms with van der Waals surface area (Å²) in [6.45, 7) is 7.52. The van der Waals surface area contributed by atoms with Crippen molar-refractivity contribution in [1.29, 1.82) is 0 Å². The quantitative estimate of drug-likeness (QED) is 0.723. The second-order valence-corrected chi connectivity index (χ2v) is 5.55. The molecule has 1 aliphatic heterocycles. The van der Waals surface area contributed by atoms with Crippen LogP contribution in [0.15, 0.2) is 0 Å². The number of carboxylic acid groups (broad SMARTS) is 1. The van der Waals surface area contributed by atoms with Crippen LogP contribution in [-0.4, -0.2) is 36.7 Å². The number of amides is 1. The molecule has 0 bridgehead atoms.